The maximum atomic E-state index is 12.4. The molecule has 0 atom stereocenters. The zero-order valence-corrected chi connectivity index (χ0v) is 9.80. The van der Waals surface area contributed by atoms with Crippen molar-refractivity contribution >= 4 is 11.6 Å². The second-order valence-electron chi connectivity index (χ2n) is 5.28. The Balaban J connectivity index is 2.07. The lowest BCUT2D eigenvalue weighted by Crippen LogP contribution is -2.23. The van der Waals surface area contributed by atoms with Gasteiger partial charge in [-0.2, -0.15) is 0 Å². The van der Waals surface area contributed by atoms with Crippen LogP contribution in [-0.4, -0.2) is 11.6 Å². The van der Waals surface area contributed by atoms with Gasteiger partial charge in [-0.15, -0.1) is 0 Å². The van der Waals surface area contributed by atoms with Gasteiger partial charge >= 0.3 is 0 Å². The summed E-state index contributed by atoms with van der Waals surface area (Å²) in [6.07, 6.45) is 4.34. The molecule has 0 saturated heterocycles. The maximum Gasteiger partial charge on any atom is 0.186 e. The van der Waals surface area contributed by atoms with Crippen molar-refractivity contribution in [2.75, 3.05) is 0 Å². The molecule has 2 heteroatoms. The van der Waals surface area contributed by atoms with Gasteiger partial charge in [-0.1, -0.05) is 0 Å². The van der Waals surface area contributed by atoms with Crippen molar-refractivity contribution in [3.8, 4) is 0 Å². The van der Waals surface area contributed by atoms with Gasteiger partial charge in [0, 0.05) is 22.3 Å². The summed E-state index contributed by atoms with van der Waals surface area (Å²) < 4.78 is 0. The number of ketones is 2. The number of allylic oxidation sites excluding steroid dienone is 4. The predicted molar refractivity (Wildman–Crippen MR) is 60.9 cm³/mol. The van der Waals surface area contributed by atoms with Crippen LogP contribution in [0.1, 0.15) is 39.5 Å². The van der Waals surface area contributed by atoms with E-state index in [1.165, 1.54) is 0 Å². The number of rotatable bonds is 2. The minimum Gasteiger partial charge on any atom is -0.289 e. The average molecular weight is 216 g/mol. The van der Waals surface area contributed by atoms with E-state index < -0.39 is 0 Å². The molecule has 84 valence electrons. The van der Waals surface area contributed by atoms with E-state index in [0.717, 1.165) is 48.0 Å². The van der Waals surface area contributed by atoms with Gasteiger partial charge in [0.25, 0.3) is 0 Å². The summed E-state index contributed by atoms with van der Waals surface area (Å²) in [5.41, 5.74) is 3.12. The summed E-state index contributed by atoms with van der Waals surface area (Å²) in [5.74, 6) is 1.08. The number of carbonyl (C=O) groups is 2. The molecule has 0 aliphatic heterocycles. The fourth-order valence-electron chi connectivity index (χ4n) is 2.74. The van der Waals surface area contributed by atoms with Crippen molar-refractivity contribution < 1.29 is 9.59 Å². The topological polar surface area (TPSA) is 34.1 Å². The van der Waals surface area contributed by atoms with Crippen LogP contribution in [0.15, 0.2) is 22.3 Å². The standard InChI is InChI=1S/C14H16O2/c1-7-11(9-3-4-9)14(16)12(10-5-6-10)8(2)13(7)15/h9-10H,3-6H2,1-2H3. The van der Waals surface area contributed by atoms with Crippen molar-refractivity contribution in [1.82, 2.24) is 0 Å². The molecule has 3 aliphatic rings. The third-order valence-corrected chi connectivity index (χ3v) is 3.95. The van der Waals surface area contributed by atoms with Crippen LogP contribution in [0.2, 0.25) is 0 Å². The lowest BCUT2D eigenvalue weighted by Gasteiger charge is -2.20. The first-order chi connectivity index (χ1) is 7.61. The van der Waals surface area contributed by atoms with Gasteiger partial charge in [0.1, 0.15) is 0 Å². The van der Waals surface area contributed by atoms with E-state index >= 15 is 0 Å². The summed E-state index contributed by atoms with van der Waals surface area (Å²) in [6, 6.07) is 0. The second-order valence-corrected chi connectivity index (χ2v) is 5.28. The Morgan fingerprint density at radius 1 is 0.750 bits per heavy atom. The molecule has 0 aromatic rings. The van der Waals surface area contributed by atoms with Gasteiger partial charge in [0.15, 0.2) is 11.6 Å². The molecule has 0 heterocycles. The fraction of sp³-hybridized carbons (Fsp3) is 0.571. The van der Waals surface area contributed by atoms with Gasteiger partial charge in [-0.25, -0.2) is 0 Å². The Bertz CT molecular complexity index is 417. The fourth-order valence-corrected chi connectivity index (χ4v) is 2.74. The number of carbonyl (C=O) groups excluding carboxylic acids is 2. The lowest BCUT2D eigenvalue weighted by atomic mass is 9.81. The molecule has 2 fully saturated rings. The molecular formula is C14H16O2. The Hall–Kier alpha value is -1.18. The van der Waals surface area contributed by atoms with Crippen molar-refractivity contribution in [2.24, 2.45) is 11.8 Å². The van der Waals surface area contributed by atoms with Gasteiger partial charge in [0.2, 0.25) is 0 Å². The van der Waals surface area contributed by atoms with Crippen molar-refractivity contribution in [3.63, 3.8) is 0 Å². The lowest BCUT2D eigenvalue weighted by molar-refractivity contribution is -0.116. The Labute approximate surface area is 95.4 Å². The van der Waals surface area contributed by atoms with Crippen LogP contribution in [0.3, 0.4) is 0 Å². The molecular weight excluding hydrogens is 200 g/mol. The van der Waals surface area contributed by atoms with E-state index in [9.17, 15) is 9.59 Å². The molecule has 0 N–H and O–H groups in total. The molecule has 3 aliphatic carbocycles. The molecule has 16 heavy (non-hydrogen) atoms. The summed E-state index contributed by atoms with van der Waals surface area (Å²) in [5, 5.41) is 0. The zero-order valence-electron chi connectivity index (χ0n) is 9.80. The third-order valence-electron chi connectivity index (χ3n) is 3.95. The summed E-state index contributed by atoms with van der Waals surface area (Å²) in [7, 11) is 0. The molecule has 0 unspecified atom stereocenters. The van der Waals surface area contributed by atoms with E-state index in [0.29, 0.717) is 11.8 Å². The molecule has 0 amide bonds. The molecule has 0 aromatic heterocycles. The van der Waals surface area contributed by atoms with E-state index in [4.69, 9.17) is 0 Å². The van der Waals surface area contributed by atoms with E-state index in [1.54, 1.807) is 0 Å². The van der Waals surface area contributed by atoms with Gasteiger partial charge in [-0.05, 0) is 51.4 Å². The minimum absolute atomic E-state index is 0.114. The molecule has 0 spiro atoms. The molecule has 0 bridgehead atoms. The predicted octanol–water partition coefficient (Wildman–Crippen LogP) is 2.59. The second kappa shape index (κ2) is 3.16. The van der Waals surface area contributed by atoms with Crippen LogP contribution in [0.25, 0.3) is 0 Å². The van der Waals surface area contributed by atoms with E-state index in [-0.39, 0.29) is 11.6 Å². The number of hydrogen-bond donors (Lipinski definition) is 0. The highest BCUT2D eigenvalue weighted by atomic mass is 16.1. The van der Waals surface area contributed by atoms with E-state index in [2.05, 4.69) is 0 Å². The van der Waals surface area contributed by atoms with Crippen LogP contribution < -0.4 is 0 Å². The number of Topliss-reactive ketones (excluding diaryl/α,β-unsaturated/α-hetero) is 2. The first-order valence-corrected chi connectivity index (χ1v) is 6.12. The van der Waals surface area contributed by atoms with Crippen molar-refractivity contribution in [3.05, 3.63) is 22.3 Å². The van der Waals surface area contributed by atoms with Gasteiger partial charge in [0.05, 0.1) is 0 Å². The average Bonchev–Trinajstić information content (AvgIpc) is 3.06. The van der Waals surface area contributed by atoms with Crippen LogP contribution in [0.4, 0.5) is 0 Å². The van der Waals surface area contributed by atoms with Gasteiger partial charge < -0.3 is 0 Å². The highest BCUT2D eigenvalue weighted by Gasteiger charge is 2.43. The maximum absolute atomic E-state index is 12.4. The Morgan fingerprint density at radius 2 is 1.12 bits per heavy atom. The summed E-state index contributed by atoms with van der Waals surface area (Å²) in [4.78, 5) is 24.5. The summed E-state index contributed by atoms with van der Waals surface area (Å²) >= 11 is 0. The SMILES string of the molecule is CC1=C(C2CC2)C(=O)C(C2CC2)=C(C)C1=O. The summed E-state index contributed by atoms with van der Waals surface area (Å²) in [6.45, 7) is 3.64. The van der Waals surface area contributed by atoms with Crippen molar-refractivity contribution in [2.45, 2.75) is 39.5 Å². The smallest absolute Gasteiger partial charge is 0.186 e. The highest BCUT2D eigenvalue weighted by molar-refractivity contribution is 6.25. The first-order valence-electron chi connectivity index (χ1n) is 6.12. The molecule has 0 aromatic carbocycles. The van der Waals surface area contributed by atoms with Crippen LogP contribution in [-0.2, 0) is 9.59 Å². The Morgan fingerprint density at radius 3 is 1.44 bits per heavy atom. The minimum atomic E-state index is 0.114. The monoisotopic (exact) mass is 216 g/mol. The van der Waals surface area contributed by atoms with Crippen LogP contribution in [0, 0.1) is 11.8 Å². The first kappa shape index (κ1) is 10.0. The van der Waals surface area contributed by atoms with Crippen LogP contribution in [0.5, 0.6) is 0 Å². The zero-order chi connectivity index (χ0) is 11.4. The highest BCUT2D eigenvalue weighted by Crippen LogP contribution is 2.47. The van der Waals surface area contributed by atoms with E-state index in [1.807, 2.05) is 13.8 Å². The van der Waals surface area contributed by atoms with Crippen molar-refractivity contribution in [1.29, 1.82) is 0 Å². The normalized spacial score (nSPS) is 26.9. The molecule has 0 radical (unpaired) electrons. The number of hydrogen-bond acceptors (Lipinski definition) is 2. The van der Waals surface area contributed by atoms with Crippen LogP contribution >= 0.6 is 0 Å². The Kier molecular flexibility index (Phi) is 1.97. The third kappa shape index (κ3) is 1.32. The molecule has 2 nitrogen and oxygen atoms in total. The molecule has 3 rings (SSSR count). The largest absolute Gasteiger partial charge is 0.289 e. The molecule has 2 saturated carbocycles. The quantitative estimate of drug-likeness (QED) is 0.665. The van der Waals surface area contributed by atoms with Gasteiger partial charge in [-0.3, -0.25) is 9.59 Å².